The first-order chi connectivity index (χ1) is 12.6. The molecule has 1 fully saturated rings. The Morgan fingerprint density at radius 1 is 1.23 bits per heavy atom. The SMILES string of the molecule is CCCC(c1cc2ccc(OC)cc2c(=O)n1CC)N1CCNCC1=O. The van der Waals surface area contributed by atoms with Crippen molar-refractivity contribution in [1.29, 1.82) is 0 Å². The number of methoxy groups -OCH3 is 1. The van der Waals surface area contributed by atoms with Crippen LogP contribution in [0.1, 0.15) is 38.4 Å². The Morgan fingerprint density at radius 2 is 2.04 bits per heavy atom. The summed E-state index contributed by atoms with van der Waals surface area (Å²) in [6, 6.07) is 7.57. The number of benzene rings is 1. The van der Waals surface area contributed by atoms with E-state index in [0.29, 0.717) is 30.8 Å². The van der Waals surface area contributed by atoms with Gasteiger partial charge >= 0.3 is 0 Å². The van der Waals surface area contributed by atoms with Crippen molar-refractivity contribution < 1.29 is 9.53 Å². The first-order valence-electron chi connectivity index (χ1n) is 9.32. The molecule has 1 unspecified atom stereocenters. The highest BCUT2D eigenvalue weighted by Gasteiger charge is 2.29. The number of ether oxygens (including phenoxy) is 1. The lowest BCUT2D eigenvalue weighted by Crippen LogP contribution is -2.50. The smallest absolute Gasteiger partial charge is 0.258 e. The van der Waals surface area contributed by atoms with E-state index in [-0.39, 0.29) is 17.5 Å². The molecule has 140 valence electrons. The Hall–Kier alpha value is -2.34. The molecule has 1 aliphatic rings. The van der Waals surface area contributed by atoms with Crippen LogP contribution < -0.4 is 15.6 Å². The average Bonchev–Trinajstić information content (AvgIpc) is 2.66. The number of piperazine rings is 1. The lowest BCUT2D eigenvalue weighted by Gasteiger charge is -2.36. The van der Waals surface area contributed by atoms with E-state index < -0.39 is 0 Å². The number of rotatable bonds is 6. The number of amides is 1. The third-order valence-corrected chi connectivity index (χ3v) is 5.07. The number of fused-ring (bicyclic) bond motifs is 1. The van der Waals surface area contributed by atoms with Crippen molar-refractivity contribution in [2.45, 2.75) is 39.3 Å². The summed E-state index contributed by atoms with van der Waals surface area (Å²) in [6.45, 7) is 6.47. The summed E-state index contributed by atoms with van der Waals surface area (Å²) < 4.78 is 7.07. The molecule has 2 heterocycles. The highest BCUT2D eigenvalue weighted by molar-refractivity contribution is 5.84. The Kier molecular flexibility index (Phi) is 5.61. The summed E-state index contributed by atoms with van der Waals surface area (Å²) in [4.78, 5) is 27.5. The van der Waals surface area contributed by atoms with Gasteiger partial charge in [0.15, 0.2) is 0 Å². The summed E-state index contributed by atoms with van der Waals surface area (Å²) in [7, 11) is 1.60. The maximum Gasteiger partial charge on any atom is 0.258 e. The molecule has 6 heteroatoms. The molecule has 1 aromatic heterocycles. The van der Waals surface area contributed by atoms with E-state index in [1.165, 1.54) is 0 Å². The second-order valence-corrected chi connectivity index (χ2v) is 6.64. The molecule has 0 spiro atoms. The minimum absolute atomic E-state index is 0.0254. The predicted molar refractivity (Wildman–Crippen MR) is 103 cm³/mol. The molecule has 26 heavy (non-hydrogen) atoms. The van der Waals surface area contributed by atoms with Gasteiger partial charge in [0, 0.05) is 25.3 Å². The summed E-state index contributed by atoms with van der Waals surface area (Å²) >= 11 is 0. The number of pyridine rings is 1. The number of carbonyl (C=O) groups is 1. The van der Waals surface area contributed by atoms with Gasteiger partial charge in [-0.25, -0.2) is 0 Å². The number of hydrogen-bond donors (Lipinski definition) is 1. The standard InChI is InChI=1S/C20H27N3O3/c1-4-6-17(23-10-9-21-13-19(23)24)18-11-14-7-8-15(26-3)12-16(14)20(25)22(18)5-2/h7-8,11-12,17,21H,4-6,9-10,13H2,1-3H3. The fourth-order valence-electron chi connectivity index (χ4n) is 3.76. The van der Waals surface area contributed by atoms with Crippen LogP contribution in [0.2, 0.25) is 0 Å². The topological polar surface area (TPSA) is 63.6 Å². The molecule has 1 amide bonds. The van der Waals surface area contributed by atoms with Crippen LogP contribution in [-0.4, -0.2) is 42.1 Å². The molecule has 0 aliphatic carbocycles. The maximum atomic E-state index is 13.1. The zero-order valence-corrected chi connectivity index (χ0v) is 15.7. The number of nitrogens with one attached hydrogen (secondary N) is 1. The van der Waals surface area contributed by atoms with Gasteiger partial charge in [0.25, 0.3) is 5.56 Å². The van der Waals surface area contributed by atoms with E-state index in [2.05, 4.69) is 18.3 Å². The number of nitrogens with zero attached hydrogens (tertiary/aromatic N) is 2. The Labute approximate surface area is 153 Å². The molecule has 1 atom stereocenters. The highest BCUT2D eigenvalue weighted by Crippen LogP contribution is 2.29. The quantitative estimate of drug-likeness (QED) is 0.862. The van der Waals surface area contributed by atoms with E-state index in [1.807, 2.05) is 24.0 Å². The van der Waals surface area contributed by atoms with Gasteiger partial charge in [-0.05, 0) is 36.9 Å². The van der Waals surface area contributed by atoms with E-state index >= 15 is 0 Å². The molecule has 0 saturated carbocycles. The zero-order chi connectivity index (χ0) is 18.7. The normalized spacial score (nSPS) is 16.1. The lowest BCUT2D eigenvalue weighted by molar-refractivity contribution is -0.134. The van der Waals surface area contributed by atoms with Crippen LogP contribution in [0.3, 0.4) is 0 Å². The highest BCUT2D eigenvalue weighted by atomic mass is 16.5. The van der Waals surface area contributed by atoms with Crippen LogP contribution in [0.4, 0.5) is 0 Å². The Balaban J connectivity index is 2.17. The van der Waals surface area contributed by atoms with Gasteiger partial charge in [-0.1, -0.05) is 19.4 Å². The fraction of sp³-hybridized carbons (Fsp3) is 0.500. The van der Waals surface area contributed by atoms with Crippen LogP contribution in [0, 0.1) is 0 Å². The second kappa shape index (κ2) is 7.91. The number of hydrogen-bond acceptors (Lipinski definition) is 4. The second-order valence-electron chi connectivity index (χ2n) is 6.64. The monoisotopic (exact) mass is 357 g/mol. The van der Waals surface area contributed by atoms with Gasteiger partial charge in [0.2, 0.25) is 5.91 Å². The van der Waals surface area contributed by atoms with E-state index in [1.54, 1.807) is 17.7 Å². The van der Waals surface area contributed by atoms with Crippen LogP contribution in [0.5, 0.6) is 5.75 Å². The molecular formula is C20H27N3O3. The van der Waals surface area contributed by atoms with Crippen LogP contribution in [0.25, 0.3) is 10.8 Å². The van der Waals surface area contributed by atoms with E-state index in [0.717, 1.165) is 30.5 Å². The van der Waals surface area contributed by atoms with Crippen molar-refractivity contribution in [3.05, 3.63) is 40.3 Å². The van der Waals surface area contributed by atoms with Crippen molar-refractivity contribution in [1.82, 2.24) is 14.8 Å². The van der Waals surface area contributed by atoms with E-state index in [9.17, 15) is 9.59 Å². The third-order valence-electron chi connectivity index (χ3n) is 5.07. The molecule has 1 N–H and O–H groups in total. The summed E-state index contributed by atoms with van der Waals surface area (Å²) in [5.74, 6) is 0.770. The molecule has 1 aliphatic heterocycles. The number of carbonyl (C=O) groups excluding carboxylic acids is 1. The molecular weight excluding hydrogens is 330 g/mol. The molecule has 0 radical (unpaired) electrons. The lowest BCUT2D eigenvalue weighted by atomic mass is 10.0. The predicted octanol–water partition coefficient (Wildman–Crippen LogP) is 2.30. The minimum Gasteiger partial charge on any atom is -0.497 e. The van der Waals surface area contributed by atoms with Crippen molar-refractivity contribution in [2.75, 3.05) is 26.7 Å². The molecule has 1 aromatic carbocycles. The van der Waals surface area contributed by atoms with Gasteiger partial charge < -0.3 is 19.5 Å². The first kappa shape index (κ1) is 18.5. The summed E-state index contributed by atoms with van der Waals surface area (Å²) in [5.41, 5.74) is 0.898. The summed E-state index contributed by atoms with van der Waals surface area (Å²) in [6.07, 6.45) is 1.78. The Bertz CT molecular complexity index is 859. The van der Waals surface area contributed by atoms with Crippen molar-refractivity contribution in [3.63, 3.8) is 0 Å². The average molecular weight is 357 g/mol. The molecule has 3 rings (SSSR count). The maximum absolute atomic E-state index is 13.1. The van der Waals surface area contributed by atoms with E-state index in [4.69, 9.17) is 4.74 Å². The Morgan fingerprint density at radius 3 is 2.69 bits per heavy atom. The van der Waals surface area contributed by atoms with Gasteiger partial charge in [-0.2, -0.15) is 0 Å². The zero-order valence-electron chi connectivity index (χ0n) is 15.7. The van der Waals surface area contributed by atoms with Gasteiger partial charge in [-0.3, -0.25) is 9.59 Å². The fourth-order valence-corrected chi connectivity index (χ4v) is 3.76. The van der Waals surface area contributed by atoms with Crippen LogP contribution in [-0.2, 0) is 11.3 Å². The minimum atomic E-state index is -0.0752. The summed E-state index contributed by atoms with van der Waals surface area (Å²) in [5, 5.41) is 4.66. The molecule has 1 saturated heterocycles. The van der Waals surface area contributed by atoms with Gasteiger partial charge in [0.1, 0.15) is 5.75 Å². The van der Waals surface area contributed by atoms with Gasteiger partial charge in [0.05, 0.1) is 25.1 Å². The molecule has 2 aromatic rings. The number of aromatic nitrogens is 1. The van der Waals surface area contributed by atoms with Crippen LogP contribution in [0.15, 0.2) is 29.1 Å². The van der Waals surface area contributed by atoms with Crippen molar-refractivity contribution in [2.24, 2.45) is 0 Å². The molecule has 6 nitrogen and oxygen atoms in total. The van der Waals surface area contributed by atoms with Crippen molar-refractivity contribution >= 4 is 16.7 Å². The van der Waals surface area contributed by atoms with Gasteiger partial charge in [-0.15, -0.1) is 0 Å². The third kappa shape index (κ3) is 3.33. The first-order valence-corrected chi connectivity index (χ1v) is 9.32. The van der Waals surface area contributed by atoms with Crippen molar-refractivity contribution in [3.8, 4) is 5.75 Å². The largest absolute Gasteiger partial charge is 0.497 e. The van der Waals surface area contributed by atoms with Crippen LogP contribution >= 0.6 is 0 Å². The molecule has 0 bridgehead atoms.